The fraction of sp³-hybridized carbons (Fsp3) is 0.533. The summed E-state index contributed by atoms with van der Waals surface area (Å²) in [5, 5.41) is 6.02. The van der Waals surface area contributed by atoms with E-state index in [0.717, 1.165) is 6.42 Å². The van der Waals surface area contributed by atoms with Crippen LogP contribution in [-0.4, -0.2) is 38.8 Å². The summed E-state index contributed by atoms with van der Waals surface area (Å²) in [6.07, 6.45) is 0.858. The summed E-state index contributed by atoms with van der Waals surface area (Å²) in [6, 6.07) is 8.40. The Hall–Kier alpha value is -1.10. The number of nitrogens with one attached hydrogen (secondary N) is 2. The van der Waals surface area contributed by atoms with Gasteiger partial charge in [-0.2, -0.15) is 0 Å². The predicted molar refractivity (Wildman–Crippen MR) is 84.5 cm³/mol. The molecule has 2 N–H and O–H groups in total. The van der Waals surface area contributed by atoms with Crippen molar-refractivity contribution in [1.82, 2.24) is 10.6 Å². The van der Waals surface area contributed by atoms with Gasteiger partial charge < -0.3 is 15.4 Å². The molecule has 0 aliphatic rings. The Balaban J connectivity index is 0.00000361. The van der Waals surface area contributed by atoms with Gasteiger partial charge in [-0.3, -0.25) is 4.79 Å². The Bertz CT molecular complexity index is 399. The van der Waals surface area contributed by atoms with Crippen molar-refractivity contribution in [3.05, 3.63) is 35.4 Å². The number of hydrogen-bond acceptors (Lipinski definition) is 3. The molecule has 1 aromatic rings. The molecule has 1 aromatic carbocycles. The van der Waals surface area contributed by atoms with Crippen LogP contribution in [0, 0.1) is 6.92 Å². The number of ether oxygens (including phenoxy) is 1. The zero-order valence-corrected chi connectivity index (χ0v) is 13.3. The summed E-state index contributed by atoms with van der Waals surface area (Å²) in [7, 11) is 1.64. The van der Waals surface area contributed by atoms with Crippen LogP contribution in [-0.2, 0) is 16.0 Å². The van der Waals surface area contributed by atoms with Crippen molar-refractivity contribution >= 4 is 18.3 Å². The lowest BCUT2D eigenvalue weighted by molar-refractivity contribution is -0.120. The highest BCUT2D eigenvalue weighted by molar-refractivity contribution is 5.85. The molecule has 0 spiro atoms. The van der Waals surface area contributed by atoms with Crippen LogP contribution in [0.15, 0.2) is 24.3 Å². The average Bonchev–Trinajstić information content (AvgIpc) is 2.37. The van der Waals surface area contributed by atoms with Gasteiger partial charge in [0.2, 0.25) is 5.91 Å². The Morgan fingerprint density at radius 3 is 2.70 bits per heavy atom. The van der Waals surface area contributed by atoms with Gasteiger partial charge in [0.25, 0.3) is 0 Å². The summed E-state index contributed by atoms with van der Waals surface area (Å²) < 4.78 is 4.90. The largest absolute Gasteiger partial charge is 0.383 e. The Kier molecular flexibility index (Phi) is 10.1. The molecule has 4 nitrogen and oxygen atoms in total. The van der Waals surface area contributed by atoms with Crippen LogP contribution in [0.2, 0.25) is 0 Å². The van der Waals surface area contributed by atoms with E-state index < -0.39 is 0 Å². The van der Waals surface area contributed by atoms with Gasteiger partial charge in [-0.25, -0.2) is 0 Å². The molecule has 0 bridgehead atoms. The quantitative estimate of drug-likeness (QED) is 0.719. The zero-order valence-electron chi connectivity index (χ0n) is 12.4. The minimum absolute atomic E-state index is 0. The lowest BCUT2D eigenvalue weighted by Crippen LogP contribution is -2.40. The van der Waals surface area contributed by atoms with E-state index in [0.29, 0.717) is 19.7 Å². The minimum atomic E-state index is 0. The highest BCUT2D eigenvalue weighted by Crippen LogP contribution is 2.09. The summed E-state index contributed by atoms with van der Waals surface area (Å²) in [5.74, 6) is 0.0252. The van der Waals surface area contributed by atoms with Gasteiger partial charge in [-0.1, -0.05) is 24.3 Å². The van der Waals surface area contributed by atoms with E-state index in [1.807, 2.05) is 19.1 Å². The van der Waals surface area contributed by atoms with Gasteiger partial charge in [0.05, 0.1) is 13.2 Å². The normalized spacial score (nSPS) is 11.6. The summed E-state index contributed by atoms with van der Waals surface area (Å²) in [4.78, 5) is 11.7. The molecule has 1 atom stereocenters. The van der Waals surface area contributed by atoms with Gasteiger partial charge in [0.15, 0.2) is 0 Å². The molecule has 20 heavy (non-hydrogen) atoms. The third-order valence-electron chi connectivity index (χ3n) is 2.96. The standard InChI is InChI=1S/C15H24N2O2.ClH/c1-12-6-4-5-7-14(12)10-13(2)17-15(18)11-16-8-9-19-3;/h4-7,13,16H,8-11H2,1-3H3,(H,17,18);1H. The molecule has 0 heterocycles. The molecule has 0 saturated heterocycles. The highest BCUT2D eigenvalue weighted by atomic mass is 35.5. The summed E-state index contributed by atoms with van der Waals surface area (Å²) in [6.45, 7) is 5.76. The number of benzene rings is 1. The van der Waals surface area contributed by atoms with Crippen LogP contribution >= 0.6 is 12.4 Å². The first kappa shape index (κ1) is 18.9. The molecule has 0 aliphatic carbocycles. The average molecular weight is 301 g/mol. The topological polar surface area (TPSA) is 50.4 Å². The van der Waals surface area contributed by atoms with Gasteiger partial charge in [-0.05, 0) is 31.4 Å². The molecule has 1 rings (SSSR count). The highest BCUT2D eigenvalue weighted by Gasteiger charge is 2.08. The monoisotopic (exact) mass is 300 g/mol. The van der Waals surface area contributed by atoms with Crippen molar-refractivity contribution in [1.29, 1.82) is 0 Å². The molecule has 0 fully saturated rings. The first-order valence-electron chi connectivity index (χ1n) is 6.67. The van der Waals surface area contributed by atoms with Crippen LogP contribution in [0.1, 0.15) is 18.1 Å². The second-order valence-corrected chi connectivity index (χ2v) is 4.77. The number of carbonyl (C=O) groups is 1. The summed E-state index contributed by atoms with van der Waals surface area (Å²) >= 11 is 0. The smallest absolute Gasteiger partial charge is 0.234 e. The first-order chi connectivity index (χ1) is 9.13. The molecule has 0 aliphatic heterocycles. The van der Waals surface area contributed by atoms with Crippen LogP contribution < -0.4 is 10.6 Å². The molecular weight excluding hydrogens is 276 g/mol. The number of hydrogen-bond donors (Lipinski definition) is 2. The molecule has 114 valence electrons. The maximum Gasteiger partial charge on any atom is 0.234 e. The molecule has 1 unspecified atom stereocenters. The fourth-order valence-corrected chi connectivity index (χ4v) is 1.92. The van der Waals surface area contributed by atoms with Gasteiger partial charge in [0, 0.05) is 19.7 Å². The first-order valence-corrected chi connectivity index (χ1v) is 6.67. The van der Waals surface area contributed by atoms with Crippen molar-refractivity contribution in [2.24, 2.45) is 0 Å². The molecule has 1 amide bonds. The minimum Gasteiger partial charge on any atom is -0.383 e. The third-order valence-corrected chi connectivity index (χ3v) is 2.96. The lowest BCUT2D eigenvalue weighted by Gasteiger charge is -2.15. The molecular formula is C15H25ClN2O2. The Morgan fingerprint density at radius 1 is 1.35 bits per heavy atom. The molecule has 0 radical (unpaired) electrons. The second kappa shape index (κ2) is 10.7. The number of amides is 1. The second-order valence-electron chi connectivity index (χ2n) is 4.77. The van der Waals surface area contributed by atoms with Gasteiger partial charge in [-0.15, -0.1) is 12.4 Å². The van der Waals surface area contributed by atoms with Gasteiger partial charge in [0.1, 0.15) is 0 Å². The van der Waals surface area contributed by atoms with Crippen molar-refractivity contribution in [2.45, 2.75) is 26.3 Å². The predicted octanol–water partition coefficient (Wildman–Crippen LogP) is 1.70. The van der Waals surface area contributed by atoms with E-state index >= 15 is 0 Å². The van der Waals surface area contributed by atoms with E-state index in [9.17, 15) is 4.79 Å². The SMILES string of the molecule is COCCNCC(=O)NC(C)Cc1ccccc1C.Cl. The van der Waals surface area contributed by atoms with Crippen LogP contribution in [0.25, 0.3) is 0 Å². The van der Waals surface area contributed by atoms with E-state index in [1.165, 1.54) is 11.1 Å². The number of aryl methyl sites for hydroxylation is 1. The Labute approximate surface area is 127 Å². The summed E-state index contributed by atoms with van der Waals surface area (Å²) in [5.41, 5.74) is 2.55. The van der Waals surface area contributed by atoms with E-state index in [2.05, 4.69) is 29.7 Å². The zero-order chi connectivity index (χ0) is 14.1. The number of rotatable bonds is 8. The number of methoxy groups -OCH3 is 1. The lowest BCUT2D eigenvalue weighted by atomic mass is 10.0. The van der Waals surface area contributed by atoms with Crippen LogP contribution in [0.4, 0.5) is 0 Å². The maximum absolute atomic E-state index is 11.7. The van der Waals surface area contributed by atoms with Crippen LogP contribution in [0.3, 0.4) is 0 Å². The molecule has 0 aromatic heterocycles. The van der Waals surface area contributed by atoms with E-state index in [4.69, 9.17) is 4.74 Å². The van der Waals surface area contributed by atoms with Crippen molar-refractivity contribution in [3.63, 3.8) is 0 Å². The van der Waals surface area contributed by atoms with Crippen molar-refractivity contribution in [3.8, 4) is 0 Å². The van der Waals surface area contributed by atoms with E-state index in [1.54, 1.807) is 7.11 Å². The van der Waals surface area contributed by atoms with Gasteiger partial charge >= 0.3 is 0 Å². The molecule has 0 saturated carbocycles. The number of carbonyl (C=O) groups excluding carboxylic acids is 1. The molecule has 5 heteroatoms. The maximum atomic E-state index is 11.7. The third kappa shape index (κ3) is 7.48. The van der Waals surface area contributed by atoms with Crippen LogP contribution in [0.5, 0.6) is 0 Å². The van der Waals surface area contributed by atoms with Crippen molar-refractivity contribution in [2.75, 3.05) is 26.8 Å². The van der Waals surface area contributed by atoms with E-state index in [-0.39, 0.29) is 24.4 Å². The Morgan fingerprint density at radius 2 is 2.05 bits per heavy atom. The fourth-order valence-electron chi connectivity index (χ4n) is 1.92. The van der Waals surface area contributed by atoms with Crippen molar-refractivity contribution < 1.29 is 9.53 Å². The number of halogens is 1.